The number of hydrogen-bond acceptors (Lipinski definition) is 6. The molecular weight excluding hydrogens is 466 g/mol. The van der Waals surface area contributed by atoms with Gasteiger partial charge in [0.25, 0.3) is 17.6 Å². The van der Waals surface area contributed by atoms with Crippen molar-refractivity contribution in [1.29, 1.82) is 0 Å². The van der Waals surface area contributed by atoms with Gasteiger partial charge in [0, 0.05) is 12.7 Å². The Bertz CT molecular complexity index is 1460. The number of nitrogens with one attached hydrogen (secondary N) is 1. The Morgan fingerprint density at radius 2 is 2.11 bits per heavy atom. The molecule has 2 amide bonds. The Kier molecular flexibility index (Phi) is 6.53. The molecule has 37 heavy (non-hydrogen) atoms. The number of fused-ring (bicyclic) bond motifs is 1. The Hall–Kier alpha value is -4.39. The number of aryl methyl sites for hydroxylation is 1. The minimum atomic E-state index is -0.314. The Balaban J connectivity index is 1.55. The number of aliphatic imine (C=N–C) groups is 2. The number of carbonyl (C=O) groups excluding carboxylic acids is 2. The molecule has 3 N–H and O–H groups in total. The molecular formula is C28H28N7O2+. The normalized spacial score (nSPS) is 21.9. The van der Waals surface area contributed by atoms with Crippen LogP contribution in [0.3, 0.4) is 0 Å². The smallest absolute Gasteiger partial charge is 0.299 e. The SMILES string of the molecule is CC#CC(=O)N1CCCC1C1=C2C=NC=C[N+]2(N)C(c2ccccc2C(=O)Nc2cc(CC)ccn2)=N1. The number of nitrogens with zero attached hydrogens (tertiary/aromatic N) is 5. The zero-order valence-corrected chi connectivity index (χ0v) is 20.8. The van der Waals surface area contributed by atoms with E-state index in [-0.39, 0.29) is 22.4 Å². The molecule has 0 bridgehead atoms. The fraction of sp³-hybridized carbons (Fsp3) is 0.250. The molecule has 0 radical (unpaired) electrons. The van der Waals surface area contributed by atoms with E-state index >= 15 is 0 Å². The first-order chi connectivity index (χ1) is 18.0. The molecule has 0 saturated carbocycles. The number of amides is 2. The Morgan fingerprint density at radius 3 is 2.92 bits per heavy atom. The molecule has 9 heteroatoms. The molecule has 1 aromatic heterocycles. The molecule has 3 aliphatic heterocycles. The summed E-state index contributed by atoms with van der Waals surface area (Å²) in [6, 6.07) is 10.7. The zero-order chi connectivity index (χ0) is 26.0. The van der Waals surface area contributed by atoms with Gasteiger partial charge in [0.1, 0.15) is 17.7 Å². The predicted octanol–water partition coefficient (Wildman–Crippen LogP) is 3.13. The topological polar surface area (TPSA) is 113 Å². The van der Waals surface area contributed by atoms with Crippen molar-refractivity contribution in [1.82, 2.24) is 9.88 Å². The number of quaternary nitrogens is 1. The van der Waals surface area contributed by atoms with Gasteiger partial charge in [-0.15, -0.1) is 4.59 Å². The molecule has 186 valence electrons. The Morgan fingerprint density at radius 1 is 1.27 bits per heavy atom. The molecule has 3 aliphatic rings. The van der Waals surface area contributed by atoms with E-state index in [0.717, 1.165) is 24.8 Å². The van der Waals surface area contributed by atoms with Gasteiger partial charge in [0.15, 0.2) is 0 Å². The van der Waals surface area contributed by atoms with Crippen LogP contribution in [0, 0.1) is 11.8 Å². The average molecular weight is 495 g/mol. The van der Waals surface area contributed by atoms with Gasteiger partial charge in [0.05, 0.1) is 29.6 Å². The van der Waals surface area contributed by atoms with Crippen LogP contribution < -0.4 is 11.2 Å². The molecule has 5 rings (SSSR count). The number of pyridine rings is 1. The highest BCUT2D eigenvalue weighted by Crippen LogP contribution is 2.37. The maximum absolute atomic E-state index is 13.4. The number of amidine groups is 1. The number of benzene rings is 1. The van der Waals surface area contributed by atoms with Crippen molar-refractivity contribution in [3.63, 3.8) is 0 Å². The fourth-order valence-electron chi connectivity index (χ4n) is 4.93. The summed E-state index contributed by atoms with van der Waals surface area (Å²) < 4.78 is -0.245. The van der Waals surface area contributed by atoms with Crippen molar-refractivity contribution in [2.24, 2.45) is 15.8 Å². The minimum absolute atomic E-state index is 0.234. The monoisotopic (exact) mass is 494 g/mol. The first kappa shape index (κ1) is 24.3. The summed E-state index contributed by atoms with van der Waals surface area (Å²) in [5.74, 6) is 12.7. The summed E-state index contributed by atoms with van der Waals surface area (Å²) in [6.45, 7) is 4.29. The van der Waals surface area contributed by atoms with Crippen LogP contribution in [0.15, 0.2) is 76.4 Å². The van der Waals surface area contributed by atoms with Crippen LogP contribution in [0.2, 0.25) is 0 Å². The minimum Gasteiger partial charge on any atom is -0.323 e. The first-order valence-corrected chi connectivity index (χ1v) is 12.3. The van der Waals surface area contributed by atoms with Crippen LogP contribution in [0.25, 0.3) is 0 Å². The van der Waals surface area contributed by atoms with E-state index in [1.54, 1.807) is 48.8 Å². The Labute approximate surface area is 215 Å². The summed E-state index contributed by atoms with van der Waals surface area (Å²) in [7, 11) is 0. The van der Waals surface area contributed by atoms with Crippen molar-refractivity contribution >= 4 is 29.7 Å². The largest absolute Gasteiger partial charge is 0.323 e. The second-order valence-electron chi connectivity index (χ2n) is 8.99. The number of allylic oxidation sites excluding steroid dienone is 1. The standard InChI is InChI=1S/C28H27N7O2/c1-3-8-25(36)34-15-7-11-22(34)26-23-18-30-14-16-35(23,29)27(33-26)20-9-5-6-10-21(20)28(37)32-24-17-19(4-2)12-13-31-24/h5-6,9-10,12-14,16-18,22H,4,7,11,15,29H2,1-2H3/p+1. The molecule has 1 fully saturated rings. The third kappa shape index (κ3) is 4.37. The van der Waals surface area contributed by atoms with Crippen molar-refractivity contribution in [2.75, 3.05) is 11.9 Å². The quantitative estimate of drug-likeness (QED) is 0.378. The maximum Gasteiger partial charge on any atom is 0.299 e. The van der Waals surface area contributed by atoms with Crippen LogP contribution >= 0.6 is 0 Å². The maximum atomic E-state index is 13.4. The van der Waals surface area contributed by atoms with Crippen molar-refractivity contribution in [2.45, 2.75) is 39.2 Å². The molecule has 1 aromatic carbocycles. The second-order valence-corrected chi connectivity index (χ2v) is 8.99. The van der Waals surface area contributed by atoms with E-state index < -0.39 is 0 Å². The molecule has 9 nitrogen and oxygen atoms in total. The highest BCUT2D eigenvalue weighted by atomic mass is 16.2. The second kappa shape index (κ2) is 9.93. The number of likely N-dealkylation sites (tertiary alicyclic amines) is 1. The van der Waals surface area contributed by atoms with E-state index in [1.165, 1.54) is 0 Å². The van der Waals surface area contributed by atoms with Gasteiger partial charge >= 0.3 is 0 Å². The summed E-state index contributed by atoms with van der Waals surface area (Å²) in [4.78, 5) is 41.5. The molecule has 0 aliphatic carbocycles. The highest BCUT2D eigenvalue weighted by Gasteiger charge is 2.48. The number of anilines is 1. The molecule has 0 spiro atoms. The van der Waals surface area contributed by atoms with Gasteiger partial charge in [-0.1, -0.05) is 25.0 Å². The lowest BCUT2D eigenvalue weighted by atomic mass is 10.0. The van der Waals surface area contributed by atoms with Crippen molar-refractivity contribution < 1.29 is 14.2 Å². The molecule has 2 atom stereocenters. The number of nitrogens with two attached hydrogens (primary N) is 1. The lowest BCUT2D eigenvalue weighted by Crippen LogP contribution is -2.53. The molecule has 4 heterocycles. The van der Waals surface area contributed by atoms with Gasteiger partial charge in [-0.25, -0.2) is 4.98 Å². The number of aromatic nitrogens is 1. The van der Waals surface area contributed by atoms with Crippen LogP contribution in [0.1, 0.15) is 48.2 Å². The number of carbonyl (C=O) groups is 2. The third-order valence-electron chi connectivity index (χ3n) is 6.77. The zero-order valence-electron chi connectivity index (χ0n) is 20.8. The van der Waals surface area contributed by atoms with Crippen LogP contribution in [-0.2, 0) is 11.2 Å². The lowest BCUT2D eigenvalue weighted by Gasteiger charge is -2.28. The average Bonchev–Trinajstić information content (AvgIpc) is 3.51. The molecule has 2 unspecified atom stereocenters. The molecule has 2 aromatic rings. The van der Waals surface area contributed by atoms with Crippen LogP contribution in [0.5, 0.6) is 0 Å². The number of rotatable bonds is 5. The number of hydrogen-bond donors (Lipinski definition) is 2. The summed E-state index contributed by atoms with van der Waals surface area (Å²) in [6.07, 6.45) is 9.12. The summed E-state index contributed by atoms with van der Waals surface area (Å²) in [5.41, 5.74) is 3.41. The first-order valence-electron chi connectivity index (χ1n) is 12.3. The van der Waals surface area contributed by atoms with E-state index in [2.05, 4.69) is 27.1 Å². The molecule has 1 saturated heterocycles. The fourth-order valence-corrected chi connectivity index (χ4v) is 4.93. The third-order valence-corrected chi connectivity index (χ3v) is 6.77. The predicted molar refractivity (Wildman–Crippen MR) is 142 cm³/mol. The van der Waals surface area contributed by atoms with Gasteiger partial charge in [-0.05, 0) is 61.9 Å². The van der Waals surface area contributed by atoms with E-state index in [1.807, 2.05) is 31.2 Å². The lowest BCUT2D eigenvalue weighted by molar-refractivity contribution is -0.750. The van der Waals surface area contributed by atoms with Crippen LogP contribution in [0.4, 0.5) is 5.82 Å². The van der Waals surface area contributed by atoms with Gasteiger partial charge in [-0.3, -0.25) is 14.6 Å². The van der Waals surface area contributed by atoms with Gasteiger partial charge in [0.2, 0.25) is 5.70 Å². The van der Waals surface area contributed by atoms with Gasteiger partial charge in [-0.2, -0.15) is 10.8 Å². The van der Waals surface area contributed by atoms with Crippen LogP contribution in [-0.4, -0.2) is 50.9 Å². The summed E-state index contributed by atoms with van der Waals surface area (Å²) >= 11 is 0. The van der Waals surface area contributed by atoms with Crippen molar-refractivity contribution in [3.8, 4) is 11.8 Å². The van der Waals surface area contributed by atoms with E-state index in [0.29, 0.717) is 40.7 Å². The summed E-state index contributed by atoms with van der Waals surface area (Å²) in [5, 5.41) is 2.90. The van der Waals surface area contributed by atoms with E-state index in [4.69, 9.17) is 10.8 Å². The van der Waals surface area contributed by atoms with E-state index in [9.17, 15) is 9.59 Å². The van der Waals surface area contributed by atoms with Gasteiger partial charge < -0.3 is 10.2 Å². The highest BCUT2D eigenvalue weighted by molar-refractivity contribution is 6.13. The van der Waals surface area contributed by atoms with Crippen molar-refractivity contribution in [3.05, 3.63) is 83.1 Å².